The van der Waals surface area contributed by atoms with Crippen molar-refractivity contribution in [3.05, 3.63) is 231 Å². The molecule has 0 spiro atoms. The second-order valence-electron chi connectivity index (χ2n) is 16.4. The van der Waals surface area contributed by atoms with E-state index in [9.17, 15) is 0 Å². The number of hydrogen-bond donors (Lipinski definition) is 0. The average Bonchev–Trinajstić information content (AvgIpc) is 4.01. The Labute approximate surface area is 363 Å². The van der Waals surface area contributed by atoms with E-state index >= 15 is 0 Å². The molecule has 0 aliphatic heterocycles. The Morgan fingerprint density at radius 3 is 1.52 bits per heavy atom. The van der Waals surface area contributed by atoms with Crippen LogP contribution in [0.5, 0.6) is 0 Å². The molecule has 0 fully saturated rings. The fourth-order valence-electron chi connectivity index (χ4n) is 10.1. The van der Waals surface area contributed by atoms with Gasteiger partial charge >= 0.3 is 0 Å². The fraction of sp³-hybridized carbons (Fsp3) is 0. The molecule has 0 aliphatic carbocycles. The molecule has 13 rings (SSSR count). The standard InChI is InChI=1S/C60H38N2O/c1-3-16-39(17-4-1)44-24-15-25-49(60(44)42-32-35-59-52(38-42)48-23-10-14-29-58(48)63-59)45-20-7-12-27-54(45)62-55-28-13-9-22-47(55)51-37-41(31-34-57(51)62)40-30-33-56-50(36-40)46-21-8-11-26-53(46)61(56)43-18-5-2-6-19-43/h1-38H. The molecular weight excluding hydrogens is 765 g/mol. The lowest BCUT2D eigenvalue weighted by molar-refractivity contribution is 0.669. The largest absolute Gasteiger partial charge is 0.456 e. The summed E-state index contributed by atoms with van der Waals surface area (Å²) >= 11 is 0. The normalized spacial score (nSPS) is 11.8. The van der Waals surface area contributed by atoms with Gasteiger partial charge in [0.25, 0.3) is 0 Å². The summed E-state index contributed by atoms with van der Waals surface area (Å²) in [6, 6.07) is 83.6. The summed E-state index contributed by atoms with van der Waals surface area (Å²) in [6.07, 6.45) is 0. The van der Waals surface area contributed by atoms with Crippen LogP contribution in [0.2, 0.25) is 0 Å². The molecule has 0 bridgehead atoms. The quantitative estimate of drug-likeness (QED) is 0.164. The first kappa shape index (κ1) is 35.4. The third kappa shape index (κ3) is 5.53. The van der Waals surface area contributed by atoms with Crippen molar-refractivity contribution in [2.45, 2.75) is 0 Å². The summed E-state index contributed by atoms with van der Waals surface area (Å²) in [7, 11) is 0. The molecular formula is C60H38N2O. The molecule has 13 aromatic rings. The van der Waals surface area contributed by atoms with Crippen LogP contribution < -0.4 is 0 Å². The highest BCUT2D eigenvalue weighted by Gasteiger charge is 2.21. The van der Waals surface area contributed by atoms with Crippen molar-refractivity contribution in [2.24, 2.45) is 0 Å². The second-order valence-corrected chi connectivity index (χ2v) is 16.4. The van der Waals surface area contributed by atoms with Gasteiger partial charge in [0.2, 0.25) is 0 Å². The number of nitrogens with zero attached hydrogens (tertiary/aromatic N) is 2. The number of furan rings is 1. The summed E-state index contributed by atoms with van der Waals surface area (Å²) < 4.78 is 11.1. The van der Waals surface area contributed by atoms with E-state index in [4.69, 9.17) is 4.42 Å². The molecule has 0 aliphatic rings. The zero-order valence-corrected chi connectivity index (χ0v) is 34.2. The predicted molar refractivity (Wildman–Crippen MR) is 264 cm³/mol. The number of para-hydroxylation sites is 5. The molecule has 3 heterocycles. The minimum Gasteiger partial charge on any atom is -0.456 e. The molecule has 0 unspecified atom stereocenters. The van der Waals surface area contributed by atoms with Crippen LogP contribution in [0.15, 0.2) is 235 Å². The van der Waals surface area contributed by atoms with Crippen molar-refractivity contribution in [1.82, 2.24) is 9.13 Å². The van der Waals surface area contributed by atoms with Crippen molar-refractivity contribution in [3.8, 4) is 55.9 Å². The van der Waals surface area contributed by atoms with Crippen molar-refractivity contribution in [1.29, 1.82) is 0 Å². The summed E-state index contributed by atoms with van der Waals surface area (Å²) in [5, 5.41) is 7.18. The summed E-state index contributed by atoms with van der Waals surface area (Å²) in [5.41, 5.74) is 18.3. The maximum atomic E-state index is 6.31. The first-order valence-corrected chi connectivity index (χ1v) is 21.6. The van der Waals surface area contributed by atoms with E-state index in [-0.39, 0.29) is 0 Å². The second kappa shape index (κ2) is 14.1. The Morgan fingerprint density at radius 1 is 0.270 bits per heavy atom. The maximum Gasteiger partial charge on any atom is 0.135 e. The van der Waals surface area contributed by atoms with Crippen molar-refractivity contribution in [3.63, 3.8) is 0 Å². The minimum atomic E-state index is 0.891. The Balaban J connectivity index is 1.01. The van der Waals surface area contributed by atoms with Gasteiger partial charge in [0.15, 0.2) is 0 Å². The molecule has 294 valence electrons. The maximum absolute atomic E-state index is 6.31. The Kier molecular flexibility index (Phi) is 7.91. The lowest BCUT2D eigenvalue weighted by Crippen LogP contribution is -1.99. The van der Waals surface area contributed by atoms with Crippen LogP contribution >= 0.6 is 0 Å². The molecule has 10 aromatic carbocycles. The molecule has 63 heavy (non-hydrogen) atoms. The zero-order valence-electron chi connectivity index (χ0n) is 34.2. The van der Waals surface area contributed by atoms with E-state index in [1.807, 2.05) is 12.1 Å². The first-order chi connectivity index (χ1) is 31.3. The van der Waals surface area contributed by atoms with Crippen molar-refractivity contribution in [2.75, 3.05) is 0 Å². The van der Waals surface area contributed by atoms with E-state index in [0.29, 0.717) is 0 Å². The first-order valence-electron chi connectivity index (χ1n) is 21.6. The number of aromatic nitrogens is 2. The molecule has 0 amide bonds. The molecule has 0 N–H and O–H groups in total. The number of rotatable bonds is 6. The molecule has 3 heteroatoms. The van der Waals surface area contributed by atoms with Gasteiger partial charge in [-0.25, -0.2) is 0 Å². The summed E-state index contributed by atoms with van der Waals surface area (Å²) in [6.45, 7) is 0. The van der Waals surface area contributed by atoms with E-state index in [2.05, 4.69) is 228 Å². The van der Waals surface area contributed by atoms with Crippen LogP contribution in [0.3, 0.4) is 0 Å². The zero-order chi connectivity index (χ0) is 41.4. The summed E-state index contributed by atoms with van der Waals surface area (Å²) in [5.74, 6) is 0. The number of hydrogen-bond acceptors (Lipinski definition) is 1. The van der Waals surface area contributed by atoms with Crippen LogP contribution in [0.25, 0.3) is 121 Å². The van der Waals surface area contributed by atoms with Gasteiger partial charge < -0.3 is 13.6 Å². The van der Waals surface area contributed by atoms with E-state index < -0.39 is 0 Å². The Morgan fingerprint density at radius 2 is 0.778 bits per heavy atom. The smallest absolute Gasteiger partial charge is 0.135 e. The topological polar surface area (TPSA) is 23.0 Å². The highest BCUT2D eigenvalue weighted by Crippen LogP contribution is 2.45. The van der Waals surface area contributed by atoms with Crippen LogP contribution in [0.4, 0.5) is 0 Å². The van der Waals surface area contributed by atoms with Crippen molar-refractivity contribution >= 4 is 65.6 Å². The minimum absolute atomic E-state index is 0.891. The number of fused-ring (bicyclic) bond motifs is 9. The fourth-order valence-corrected chi connectivity index (χ4v) is 10.1. The number of benzene rings is 10. The van der Waals surface area contributed by atoms with E-state index in [1.165, 1.54) is 77.0 Å². The highest BCUT2D eigenvalue weighted by molar-refractivity contribution is 6.14. The Bertz CT molecular complexity index is 3900. The van der Waals surface area contributed by atoms with Gasteiger partial charge in [0.05, 0.1) is 27.8 Å². The molecule has 0 saturated carbocycles. The highest BCUT2D eigenvalue weighted by atomic mass is 16.3. The van der Waals surface area contributed by atoms with E-state index in [1.54, 1.807) is 0 Å². The van der Waals surface area contributed by atoms with Gasteiger partial charge in [-0.3, -0.25) is 0 Å². The molecule has 0 radical (unpaired) electrons. The lowest BCUT2D eigenvalue weighted by Gasteiger charge is -2.20. The van der Waals surface area contributed by atoms with Gasteiger partial charge in [0, 0.05) is 43.6 Å². The lowest BCUT2D eigenvalue weighted by atomic mass is 9.86. The molecule has 3 nitrogen and oxygen atoms in total. The molecule has 0 atom stereocenters. The van der Waals surface area contributed by atoms with Gasteiger partial charge in [-0.2, -0.15) is 0 Å². The van der Waals surface area contributed by atoms with Gasteiger partial charge in [-0.1, -0.05) is 158 Å². The average molecular weight is 803 g/mol. The van der Waals surface area contributed by atoms with Crippen LogP contribution in [0.1, 0.15) is 0 Å². The SMILES string of the molecule is c1ccc(-c2cccc(-c3ccccc3-n3c4ccccc4c4cc(-c5ccc6c(c5)c5ccccc5n6-c5ccccc5)ccc43)c2-c2ccc3oc4ccccc4c3c2)cc1. The third-order valence-corrected chi connectivity index (χ3v) is 12.9. The third-order valence-electron chi connectivity index (χ3n) is 12.9. The Hall–Kier alpha value is -8.40. The van der Waals surface area contributed by atoms with Gasteiger partial charge in [-0.15, -0.1) is 0 Å². The predicted octanol–water partition coefficient (Wildman–Crippen LogP) is 16.4. The van der Waals surface area contributed by atoms with Crippen molar-refractivity contribution < 1.29 is 4.42 Å². The van der Waals surface area contributed by atoms with Crippen LogP contribution in [-0.2, 0) is 0 Å². The van der Waals surface area contributed by atoms with E-state index in [0.717, 1.165) is 44.4 Å². The van der Waals surface area contributed by atoms with Gasteiger partial charge in [0.1, 0.15) is 11.2 Å². The molecule has 3 aromatic heterocycles. The molecule has 0 saturated heterocycles. The summed E-state index contributed by atoms with van der Waals surface area (Å²) in [4.78, 5) is 0. The van der Waals surface area contributed by atoms with Crippen LogP contribution in [-0.4, -0.2) is 9.13 Å². The van der Waals surface area contributed by atoms with Crippen LogP contribution in [0, 0.1) is 0 Å². The van der Waals surface area contributed by atoms with Gasteiger partial charge in [-0.05, 0) is 112 Å². The monoisotopic (exact) mass is 802 g/mol.